The van der Waals surface area contributed by atoms with E-state index in [0.29, 0.717) is 6.54 Å². The molecule has 0 aliphatic heterocycles. The lowest BCUT2D eigenvalue weighted by atomic mass is 10.0. The van der Waals surface area contributed by atoms with Crippen molar-refractivity contribution in [1.29, 1.82) is 0 Å². The van der Waals surface area contributed by atoms with Gasteiger partial charge in [-0.25, -0.2) is 0 Å². The molecule has 1 heterocycles. The topological polar surface area (TPSA) is 42.2 Å². The highest BCUT2D eigenvalue weighted by molar-refractivity contribution is 5.84. The van der Waals surface area contributed by atoms with Crippen molar-refractivity contribution in [2.75, 3.05) is 6.61 Å². The first-order valence-electron chi connectivity index (χ1n) is 5.50. The van der Waals surface area contributed by atoms with Crippen molar-refractivity contribution in [2.24, 2.45) is 0 Å². The molecule has 0 spiro atoms. The van der Waals surface area contributed by atoms with Gasteiger partial charge in [0.05, 0.1) is 6.61 Å². The van der Waals surface area contributed by atoms with Crippen molar-refractivity contribution in [1.82, 2.24) is 4.57 Å². The van der Waals surface area contributed by atoms with Crippen LogP contribution in [-0.4, -0.2) is 16.3 Å². The fourth-order valence-corrected chi connectivity index (χ4v) is 1.98. The van der Waals surface area contributed by atoms with Crippen molar-refractivity contribution < 1.29 is 5.11 Å². The fourth-order valence-electron chi connectivity index (χ4n) is 1.98. The van der Waals surface area contributed by atoms with E-state index in [1.165, 1.54) is 5.56 Å². The largest absolute Gasteiger partial charge is 0.395 e. The maximum absolute atomic E-state index is 12.0. The number of benzene rings is 1. The molecule has 3 heteroatoms. The van der Waals surface area contributed by atoms with Crippen molar-refractivity contribution >= 4 is 10.8 Å². The van der Waals surface area contributed by atoms with E-state index in [0.717, 1.165) is 17.2 Å². The molecule has 84 valence electrons. The van der Waals surface area contributed by atoms with Gasteiger partial charge in [0.15, 0.2) is 0 Å². The summed E-state index contributed by atoms with van der Waals surface area (Å²) in [6.45, 7) is 2.41. The molecule has 0 fully saturated rings. The van der Waals surface area contributed by atoms with Gasteiger partial charge in [-0.05, 0) is 29.5 Å². The van der Waals surface area contributed by atoms with Crippen molar-refractivity contribution in [3.8, 4) is 0 Å². The van der Waals surface area contributed by atoms with Crippen LogP contribution in [0.4, 0.5) is 0 Å². The number of hydrogen-bond acceptors (Lipinski definition) is 2. The van der Waals surface area contributed by atoms with E-state index in [2.05, 4.69) is 6.92 Å². The van der Waals surface area contributed by atoms with Gasteiger partial charge in [-0.15, -0.1) is 0 Å². The third-order valence-electron chi connectivity index (χ3n) is 2.83. The van der Waals surface area contributed by atoms with Crippen LogP contribution in [0.15, 0.2) is 35.3 Å². The molecule has 0 saturated heterocycles. The second-order valence-corrected chi connectivity index (χ2v) is 3.77. The Labute approximate surface area is 94.0 Å². The van der Waals surface area contributed by atoms with Gasteiger partial charge < -0.3 is 9.67 Å². The van der Waals surface area contributed by atoms with Gasteiger partial charge in [0.1, 0.15) is 0 Å². The highest BCUT2D eigenvalue weighted by Crippen LogP contribution is 2.15. The summed E-state index contributed by atoms with van der Waals surface area (Å²) < 4.78 is 1.54. The minimum Gasteiger partial charge on any atom is -0.395 e. The summed E-state index contributed by atoms with van der Waals surface area (Å²) >= 11 is 0. The zero-order valence-corrected chi connectivity index (χ0v) is 9.31. The van der Waals surface area contributed by atoms with Crippen LogP contribution in [0.1, 0.15) is 12.5 Å². The van der Waals surface area contributed by atoms with E-state index < -0.39 is 0 Å². The quantitative estimate of drug-likeness (QED) is 0.847. The van der Waals surface area contributed by atoms with Gasteiger partial charge in [-0.2, -0.15) is 0 Å². The first kappa shape index (κ1) is 10.9. The predicted octanol–water partition coefficient (Wildman–Crippen LogP) is 1.56. The summed E-state index contributed by atoms with van der Waals surface area (Å²) in [5, 5.41) is 10.6. The van der Waals surface area contributed by atoms with Gasteiger partial charge in [0, 0.05) is 18.1 Å². The smallest absolute Gasteiger partial charge is 0.258 e. The Morgan fingerprint density at radius 2 is 2.06 bits per heavy atom. The van der Waals surface area contributed by atoms with E-state index in [1.807, 2.05) is 24.3 Å². The molecule has 16 heavy (non-hydrogen) atoms. The van der Waals surface area contributed by atoms with E-state index in [9.17, 15) is 4.79 Å². The van der Waals surface area contributed by atoms with Crippen LogP contribution >= 0.6 is 0 Å². The molecular formula is C13H15NO2. The molecule has 0 bridgehead atoms. The molecule has 3 nitrogen and oxygen atoms in total. The molecule has 1 aromatic heterocycles. The Hall–Kier alpha value is -1.61. The molecule has 2 rings (SSSR count). The van der Waals surface area contributed by atoms with Gasteiger partial charge in [0.25, 0.3) is 5.56 Å². The van der Waals surface area contributed by atoms with Crippen LogP contribution in [0.2, 0.25) is 0 Å². The van der Waals surface area contributed by atoms with E-state index in [1.54, 1.807) is 10.8 Å². The summed E-state index contributed by atoms with van der Waals surface area (Å²) in [6.07, 6.45) is 2.67. The molecular weight excluding hydrogens is 202 g/mol. The number of rotatable bonds is 3. The van der Waals surface area contributed by atoms with Crippen LogP contribution in [-0.2, 0) is 13.0 Å². The van der Waals surface area contributed by atoms with Crippen molar-refractivity contribution in [2.45, 2.75) is 19.9 Å². The number of aliphatic hydroxyl groups excluding tert-OH is 1. The highest BCUT2D eigenvalue weighted by atomic mass is 16.3. The summed E-state index contributed by atoms with van der Waals surface area (Å²) in [7, 11) is 0. The maximum atomic E-state index is 12.0. The molecule has 0 aliphatic rings. The van der Waals surface area contributed by atoms with Crippen molar-refractivity contribution in [3.63, 3.8) is 0 Å². The van der Waals surface area contributed by atoms with Crippen LogP contribution in [0.5, 0.6) is 0 Å². The average molecular weight is 217 g/mol. The molecule has 0 atom stereocenters. The number of nitrogens with zero attached hydrogens (tertiary/aromatic N) is 1. The second kappa shape index (κ2) is 4.49. The van der Waals surface area contributed by atoms with Gasteiger partial charge >= 0.3 is 0 Å². The summed E-state index contributed by atoms with van der Waals surface area (Å²) in [5.74, 6) is 0. The standard InChI is InChI=1S/C13H15NO2/c1-2-10-4-3-5-12-11(10)6-7-14(8-9-15)13(12)16/h3-7,15H,2,8-9H2,1H3. The first-order valence-corrected chi connectivity index (χ1v) is 5.50. The zero-order valence-electron chi connectivity index (χ0n) is 9.31. The summed E-state index contributed by atoms with van der Waals surface area (Å²) in [5.41, 5.74) is 1.16. The normalized spacial score (nSPS) is 10.9. The third kappa shape index (κ3) is 1.74. The van der Waals surface area contributed by atoms with Crippen LogP contribution in [0.25, 0.3) is 10.8 Å². The molecule has 0 unspecified atom stereocenters. The van der Waals surface area contributed by atoms with Crippen molar-refractivity contribution in [3.05, 3.63) is 46.4 Å². The monoisotopic (exact) mass is 217 g/mol. The highest BCUT2D eigenvalue weighted by Gasteiger charge is 2.04. The first-order chi connectivity index (χ1) is 7.77. The zero-order chi connectivity index (χ0) is 11.5. The number of hydrogen-bond donors (Lipinski definition) is 1. The molecule has 1 aromatic carbocycles. The van der Waals surface area contributed by atoms with Gasteiger partial charge in [-0.3, -0.25) is 4.79 Å². The van der Waals surface area contributed by atoms with Crippen LogP contribution in [0.3, 0.4) is 0 Å². The van der Waals surface area contributed by atoms with E-state index in [4.69, 9.17) is 5.11 Å². The minimum atomic E-state index is -0.0261. The predicted molar refractivity (Wildman–Crippen MR) is 64.7 cm³/mol. The molecule has 2 aromatic rings. The molecule has 0 radical (unpaired) electrons. The Morgan fingerprint density at radius 3 is 2.75 bits per heavy atom. The molecule has 0 aliphatic carbocycles. The second-order valence-electron chi connectivity index (χ2n) is 3.77. The Bertz CT molecular complexity index is 557. The SMILES string of the molecule is CCc1cccc2c(=O)n(CCO)ccc12. The van der Waals surface area contributed by atoms with E-state index >= 15 is 0 Å². The number of aliphatic hydroxyl groups is 1. The van der Waals surface area contributed by atoms with Crippen LogP contribution < -0.4 is 5.56 Å². The number of fused-ring (bicyclic) bond motifs is 1. The molecule has 0 amide bonds. The van der Waals surface area contributed by atoms with Crippen LogP contribution in [0, 0.1) is 0 Å². The summed E-state index contributed by atoms with van der Waals surface area (Å²) in [6, 6.07) is 7.74. The molecule has 1 N–H and O–H groups in total. The number of aryl methyl sites for hydroxylation is 1. The number of aromatic nitrogens is 1. The fraction of sp³-hybridized carbons (Fsp3) is 0.308. The Morgan fingerprint density at radius 1 is 1.25 bits per heavy atom. The summed E-state index contributed by atoms with van der Waals surface area (Å²) in [4.78, 5) is 12.0. The molecule has 0 saturated carbocycles. The Kier molecular flexibility index (Phi) is 3.06. The third-order valence-corrected chi connectivity index (χ3v) is 2.83. The van der Waals surface area contributed by atoms with Gasteiger partial charge in [-0.1, -0.05) is 19.1 Å². The number of pyridine rings is 1. The lowest BCUT2D eigenvalue weighted by Gasteiger charge is -2.07. The van der Waals surface area contributed by atoms with Gasteiger partial charge in [0.2, 0.25) is 0 Å². The average Bonchev–Trinajstić information content (AvgIpc) is 2.32. The maximum Gasteiger partial charge on any atom is 0.258 e. The lowest BCUT2D eigenvalue weighted by molar-refractivity contribution is 0.274. The minimum absolute atomic E-state index is 0.0150. The Balaban J connectivity index is 2.71. The lowest BCUT2D eigenvalue weighted by Crippen LogP contribution is -2.21. The van der Waals surface area contributed by atoms with E-state index in [-0.39, 0.29) is 12.2 Å².